The standard InChI is InChI=1S/C14H11NO3/c1-18-9-2-3-12-10(6-9)11-4-8(7-16)5-13(17)14(11)15-12/h2-7,15,17H,1H3. The van der Waals surface area contributed by atoms with Crippen LogP contribution in [0.1, 0.15) is 10.4 Å². The fourth-order valence-electron chi connectivity index (χ4n) is 2.18. The molecule has 3 rings (SSSR count). The monoisotopic (exact) mass is 241 g/mol. The summed E-state index contributed by atoms with van der Waals surface area (Å²) >= 11 is 0. The second kappa shape index (κ2) is 3.77. The van der Waals surface area contributed by atoms with E-state index in [-0.39, 0.29) is 5.75 Å². The van der Waals surface area contributed by atoms with E-state index >= 15 is 0 Å². The maximum absolute atomic E-state index is 10.8. The number of aromatic amines is 1. The molecule has 0 bridgehead atoms. The minimum atomic E-state index is 0.0739. The maximum Gasteiger partial charge on any atom is 0.150 e. The summed E-state index contributed by atoms with van der Waals surface area (Å²) in [6.45, 7) is 0. The van der Waals surface area contributed by atoms with Gasteiger partial charge >= 0.3 is 0 Å². The molecule has 4 nitrogen and oxygen atoms in total. The highest BCUT2D eigenvalue weighted by Crippen LogP contribution is 2.33. The number of carbonyl (C=O) groups excluding carboxylic acids is 1. The Labute approximate surface area is 103 Å². The molecular formula is C14H11NO3. The van der Waals surface area contributed by atoms with Crippen LogP contribution in [-0.2, 0) is 0 Å². The van der Waals surface area contributed by atoms with Crippen LogP contribution in [0.5, 0.6) is 11.5 Å². The Morgan fingerprint density at radius 1 is 1.22 bits per heavy atom. The summed E-state index contributed by atoms with van der Waals surface area (Å²) in [4.78, 5) is 14.0. The van der Waals surface area contributed by atoms with Crippen LogP contribution in [0, 0.1) is 0 Å². The highest BCUT2D eigenvalue weighted by molar-refractivity contribution is 6.10. The first-order chi connectivity index (χ1) is 8.72. The van der Waals surface area contributed by atoms with Crippen molar-refractivity contribution in [3.8, 4) is 11.5 Å². The largest absolute Gasteiger partial charge is 0.506 e. The number of aromatic nitrogens is 1. The molecule has 0 atom stereocenters. The van der Waals surface area contributed by atoms with E-state index in [1.54, 1.807) is 13.2 Å². The van der Waals surface area contributed by atoms with Crippen LogP contribution >= 0.6 is 0 Å². The van der Waals surface area contributed by atoms with Crippen molar-refractivity contribution >= 4 is 28.1 Å². The van der Waals surface area contributed by atoms with Crippen molar-refractivity contribution < 1.29 is 14.6 Å². The fourth-order valence-corrected chi connectivity index (χ4v) is 2.18. The average molecular weight is 241 g/mol. The Morgan fingerprint density at radius 2 is 2.06 bits per heavy atom. The Bertz CT molecular complexity index is 758. The first-order valence-corrected chi connectivity index (χ1v) is 5.50. The molecule has 0 amide bonds. The number of aldehydes is 1. The van der Waals surface area contributed by atoms with Crippen LogP contribution in [-0.4, -0.2) is 23.5 Å². The van der Waals surface area contributed by atoms with Gasteiger partial charge in [0.2, 0.25) is 0 Å². The zero-order chi connectivity index (χ0) is 12.7. The van der Waals surface area contributed by atoms with Crippen LogP contribution in [0.25, 0.3) is 21.8 Å². The molecule has 0 aliphatic carbocycles. The van der Waals surface area contributed by atoms with E-state index in [9.17, 15) is 9.90 Å². The molecule has 0 saturated carbocycles. The van der Waals surface area contributed by atoms with Gasteiger partial charge in [0.05, 0.1) is 12.6 Å². The number of phenols is 1. The molecule has 90 valence electrons. The summed E-state index contributed by atoms with van der Waals surface area (Å²) in [6, 6.07) is 8.80. The van der Waals surface area contributed by atoms with E-state index in [2.05, 4.69) is 4.98 Å². The van der Waals surface area contributed by atoms with Crippen LogP contribution in [0.3, 0.4) is 0 Å². The van der Waals surface area contributed by atoms with Gasteiger partial charge in [-0.2, -0.15) is 0 Å². The van der Waals surface area contributed by atoms with Crippen LogP contribution < -0.4 is 4.74 Å². The second-order valence-electron chi connectivity index (χ2n) is 4.12. The van der Waals surface area contributed by atoms with E-state index < -0.39 is 0 Å². The van der Waals surface area contributed by atoms with Crippen molar-refractivity contribution in [3.63, 3.8) is 0 Å². The number of methoxy groups -OCH3 is 1. The number of rotatable bonds is 2. The van der Waals surface area contributed by atoms with Gasteiger partial charge in [0.25, 0.3) is 0 Å². The SMILES string of the molecule is COc1ccc2[nH]c3c(O)cc(C=O)cc3c2c1. The van der Waals surface area contributed by atoms with E-state index in [4.69, 9.17) is 4.74 Å². The molecule has 4 heteroatoms. The van der Waals surface area contributed by atoms with Gasteiger partial charge in [0.1, 0.15) is 17.8 Å². The van der Waals surface area contributed by atoms with Crippen molar-refractivity contribution in [1.29, 1.82) is 0 Å². The third kappa shape index (κ3) is 1.43. The summed E-state index contributed by atoms with van der Waals surface area (Å²) in [5, 5.41) is 11.6. The molecule has 3 aromatic rings. The lowest BCUT2D eigenvalue weighted by molar-refractivity contribution is 0.112. The number of benzene rings is 2. The predicted molar refractivity (Wildman–Crippen MR) is 69.4 cm³/mol. The van der Waals surface area contributed by atoms with Crippen molar-refractivity contribution in [1.82, 2.24) is 4.98 Å². The third-order valence-electron chi connectivity index (χ3n) is 3.05. The number of ether oxygens (including phenoxy) is 1. The van der Waals surface area contributed by atoms with Gasteiger partial charge in [-0.1, -0.05) is 0 Å². The molecule has 0 unspecified atom stereocenters. The zero-order valence-electron chi connectivity index (χ0n) is 9.73. The number of carbonyl (C=O) groups is 1. The van der Waals surface area contributed by atoms with E-state index in [1.807, 2.05) is 18.2 Å². The molecule has 0 aliphatic heterocycles. The Kier molecular flexibility index (Phi) is 2.23. The first kappa shape index (κ1) is 10.7. The van der Waals surface area contributed by atoms with Crippen LogP contribution in [0.2, 0.25) is 0 Å². The summed E-state index contributed by atoms with van der Waals surface area (Å²) in [7, 11) is 1.60. The highest BCUT2D eigenvalue weighted by Gasteiger charge is 2.10. The number of hydrogen-bond acceptors (Lipinski definition) is 3. The lowest BCUT2D eigenvalue weighted by Gasteiger charge is -1.99. The zero-order valence-corrected chi connectivity index (χ0v) is 9.73. The average Bonchev–Trinajstić information content (AvgIpc) is 2.77. The molecule has 1 heterocycles. The van der Waals surface area contributed by atoms with Gasteiger partial charge in [-0.15, -0.1) is 0 Å². The van der Waals surface area contributed by atoms with Gasteiger partial charge in [0, 0.05) is 21.9 Å². The molecule has 0 radical (unpaired) electrons. The smallest absolute Gasteiger partial charge is 0.150 e. The Hall–Kier alpha value is -2.49. The van der Waals surface area contributed by atoms with Gasteiger partial charge in [-0.05, 0) is 30.3 Å². The minimum Gasteiger partial charge on any atom is -0.506 e. The number of H-pyrrole nitrogens is 1. The van der Waals surface area contributed by atoms with Gasteiger partial charge in [0.15, 0.2) is 0 Å². The molecule has 1 aromatic heterocycles. The van der Waals surface area contributed by atoms with Gasteiger partial charge in [-0.25, -0.2) is 0 Å². The summed E-state index contributed by atoms with van der Waals surface area (Å²) in [6.07, 6.45) is 0.720. The van der Waals surface area contributed by atoms with E-state index in [0.717, 1.165) is 28.3 Å². The first-order valence-electron chi connectivity index (χ1n) is 5.50. The van der Waals surface area contributed by atoms with Crippen LogP contribution in [0.4, 0.5) is 0 Å². The Morgan fingerprint density at radius 3 is 2.78 bits per heavy atom. The molecule has 18 heavy (non-hydrogen) atoms. The molecule has 0 aliphatic rings. The van der Waals surface area contributed by atoms with Crippen LogP contribution in [0.15, 0.2) is 30.3 Å². The molecular weight excluding hydrogens is 230 g/mol. The molecule has 0 fully saturated rings. The lowest BCUT2D eigenvalue weighted by atomic mass is 10.1. The summed E-state index contributed by atoms with van der Waals surface area (Å²) < 4.78 is 5.18. The summed E-state index contributed by atoms with van der Waals surface area (Å²) in [5.41, 5.74) is 1.97. The molecule has 0 saturated heterocycles. The normalized spacial score (nSPS) is 10.9. The third-order valence-corrected chi connectivity index (χ3v) is 3.05. The van der Waals surface area contributed by atoms with Gasteiger partial charge in [-0.3, -0.25) is 4.79 Å². The Balaban J connectivity index is 2.46. The number of hydrogen-bond donors (Lipinski definition) is 2. The van der Waals surface area contributed by atoms with Crippen molar-refractivity contribution in [2.45, 2.75) is 0 Å². The second-order valence-corrected chi connectivity index (χ2v) is 4.12. The number of fused-ring (bicyclic) bond motifs is 3. The lowest BCUT2D eigenvalue weighted by Crippen LogP contribution is -1.81. The number of phenolic OH excluding ortho intramolecular Hbond substituents is 1. The van der Waals surface area contributed by atoms with Crippen molar-refractivity contribution in [2.24, 2.45) is 0 Å². The molecule has 2 N–H and O–H groups in total. The predicted octanol–water partition coefficient (Wildman–Crippen LogP) is 2.85. The van der Waals surface area contributed by atoms with Crippen molar-refractivity contribution in [2.75, 3.05) is 7.11 Å². The van der Waals surface area contributed by atoms with Gasteiger partial charge < -0.3 is 14.8 Å². The minimum absolute atomic E-state index is 0.0739. The quantitative estimate of drug-likeness (QED) is 0.678. The number of aromatic hydroxyl groups is 1. The molecule has 0 spiro atoms. The summed E-state index contributed by atoms with van der Waals surface area (Å²) in [5.74, 6) is 0.809. The van der Waals surface area contributed by atoms with E-state index in [1.165, 1.54) is 6.07 Å². The fraction of sp³-hybridized carbons (Fsp3) is 0.0714. The topological polar surface area (TPSA) is 62.3 Å². The maximum atomic E-state index is 10.8. The number of nitrogens with one attached hydrogen (secondary N) is 1. The highest BCUT2D eigenvalue weighted by atomic mass is 16.5. The molecule has 2 aromatic carbocycles. The van der Waals surface area contributed by atoms with Crippen molar-refractivity contribution in [3.05, 3.63) is 35.9 Å². The van der Waals surface area contributed by atoms with E-state index in [0.29, 0.717) is 11.1 Å².